The number of esters is 2. The molecule has 0 saturated heterocycles. The first-order valence-corrected chi connectivity index (χ1v) is 23.6. The van der Waals surface area contributed by atoms with E-state index >= 15 is 0 Å². The van der Waals surface area contributed by atoms with Crippen LogP contribution in [0.15, 0.2) is 60.8 Å². The van der Waals surface area contributed by atoms with Crippen LogP contribution in [-0.2, 0) is 32.7 Å². The second-order valence-electron chi connectivity index (χ2n) is 15.3. The monoisotopic (exact) mass is 857 g/mol. The highest BCUT2D eigenvalue weighted by atomic mass is 31.2. The van der Waals surface area contributed by atoms with Gasteiger partial charge in [-0.05, 0) is 57.8 Å². The molecule has 0 heterocycles. The molecule has 0 aliphatic heterocycles. The molecular weight excluding hydrogens is 779 g/mol. The minimum atomic E-state index is -5.13. The molecule has 1 aliphatic rings. The van der Waals surface area contributed by atoms with Gasteiger partial charge in [0.1, 0.15) is 43.2 Å². The Hall–Kier alpha value is -2.45. The van der Waals surface area contributed by atoms with Gasteiger partial charge >= 0.3 is 19.8 Å². The molecule has 14 heteroatoms. The quantitative estimate of drug-likeness (QED) is 0.0117. The summed E-state index contributed by atoms with van der Waals surface area (Å²) < 4.78 is 33.4. The fourth-order valence-corrected chi connectivity index (χ4v) is 7.32. The molecule has 13 nitrogen and oxygen atoms in total. The Labute approximate surface area is 353 Å². The van der Waals surface area contributed by atoms with Crippen LogP contribution in [0.2, 0.25) is 0 Å². The summed E-state index contributed by atoms with van der Waals surface area (Å²) in [5.41, 5.74) is 0. The Morgan fingerprint density at radius 2 is 0.983 bits per heavy atom. The number of hydrogen-bond donors (Lipinski definition) is 6. The van der Waals surface area contributed by atoms with Gasteiger partial charge in [0.15, 0.2) is 6.10 Å². The molecule has 0 radical (unpaired) electrons. The van der Waals surface area contributed by atoms with E-state index in [0.717, 1.165) is 77.0 Å². The molecule has 0 spiro atoms. The smallest absolute Gasteiger partial charge is 0.462 e. The van der Waals surface area contributed by atoms with Crippen LogP contribution in [0.1, 0.15) is 155 Å². The summed E-state index contributed by atoms with van der Waals surface area (Å²) >= 11 is 0. The molecule has 6 N–H and O–H groups in total. The number of carbonyl (C=O) groups is 2. The third kappa shape index (κ3) is 27.9. The summed E-state index contributed by atoms with van der Waals surface area (Å²) in [5.74, 6) is -1.14. The van der Waals surface area contributed by atoms with Gasteiger partial charge in [-0.1, -0.05) is 145 Å². The number of hydrogen-bond acceptors (Lipinski definition) is 12. The fourth-order valence-electron chi connectivity index (χ4n) is 6.35. The van der Waals surface area contributed by atoms with Crippen LogP contribution < -0.4 is 0 Å². The van der Waals surface area contributed by atoms with Crippen LogP contribution >= 0.6 is 7.82 Å². The Morgan fingerprint density at radius 3 is 1.53 bits per heavy atom. The van der Waals surface area contributed by atoms with E-state index in [1.807, 2.05) is 36.5 Å². The summed E-state index contributed by atoms with van der Waals surface area (Å²) in [6, 6.07) is 0. The predicted molar refractivity (Wildman–Crippen MR) is 230 cm³/mol. The molecule has 8 atom stereocenters. The zero-order valence-corrected chi connectivity index (χ0v) is 36.7. The van der Waals surface area contributed by atoms with Gasteiger partial charge < -0.3 is 39.9 Å². The molecule has 1 saturated carbocycles. The van der Waals surface area contributed by atoms with Crippen molar-refractivity contribution in [2.45, 2.75) is 198 Å². The second-order valence-corrected chi connectivity index (χ2v) is 16.7. The highest BCUT2D eigenvalue weighted by Crippen LogP contribution is 2.47. The van der Waals surface area contributed by atoms with Crippen molar-refractivity contribution in [2.75, 3.05) is 13.2 Å². The van der Waals surface area contributed by atoms with E-state index in [0.29, 0.717) is 12.8 Å². The largest absolute Gasteiger partial charge is 0.472 e. The van der Waals surface area contributed by atoms with Crippen molar-refractivity contribution in [3.05, 3.63) is 60.8 Å². The van der Waals surface area contributed by atoms with Gasteiger partial charge in [0.05, 0.1) is 6.61 Å². The minimum Gasteiger partial charge on any atom is -0.462 e. The second kappa shape index (κ2) is 35.2. The van der Waals surface area contributed by atoms with Crippen LogP contribution in [0, 0.1) is 0 Å². The van der Waals surface area contributed by atoms with Crippen LogP contribution in [0.3, 0.4) is 0 Å². The minimum absolute atomic E-state index is 0.0663. The number of aliphatic hydroxyl groups is 5. The van der Waals surface area contributed by atoms with Crippen molar-refractivity contribution in [3.63, 3.8) is 0 Å². The lowest BCUT2D eigenvalue weighted by Gasteiger charge is -2.41. The average Bonchev–Trinajstić information content (AvgIpc) is 3.21. The number of ether oxygens (including phenoxy) is 2. The van der Waals surface area contributed by atoms with E-state index < -0.39 is 75.7 Å². The number of aliphatic hydroxyl groups excluding tert-OH is 5. The third-order valence-corrected chi connectivity index (χ3v) is 10.9. The highest BCUT2D eigenvalue weighted by Gasteiger charge is 2.51. The Balaban J connectivity index is 2.51. The van der Waals surface area contributed by atoms with Crippen LogP contribution in [0.25, 0.3) is 0 Å². The van der Waals surface area contributed by atoms with Crippen molar-refractivity contribution in [1.29, 1.82) is 0 Å². The molecule has 0 aromatic rings. The molecule has 59 heavy (non-hydrogen) atoms. The van der Waals surface area contributed by atoms with Gasteiger partial charge in [0, 0.05) is 12.8 Å². The SMILES string of the molecule is CC/C=C/C=C/C=C/C=C/CCCCCCCC(=O)O[C@H](COC(=O)CCCCCCC/C=C/CCCCCCCC)COP(=O)(O)OC1C(O)C(O)C(O)[C@@H](O)C1O. The van der Waals surface area contributed by atoms with E-state index in [4.69, 9.17) is 18.5 Å². The fraction of sp³-hybridized carbons (Fsp3) is 0.733. The summed E-state index contributed by atoms with van der Waals surface area (Å²) in [5, 5.41) is 50.1. The summed E-state index contributed by atoms with van der Waals surface area (Å²) in [6.07, 6.45) is 28.5. The summed E-state index contributed by atoms with van der Waals surface area (Å²) in [6.45, 7) is 3.11. The molecule has 0 bridgehead atoms. The van der Waals surface area contributed by atoms with Crippen molar-refractivity contribution < 1.29 is 63.1 Å². The Morgan fingerprint density at radius 1 is 0.542 bits per heavy atom. The summed E-state index contributed by atoms with van der Waals surface area (Å²) in [7, 11) is -5.13. The molecule has 1 fully saturated rings. The topological polar surface area (TPSA) is 210 Å². The predicted octanol–water partition coefficient (Wildman–Crippen LogP) is 8.16. The zero-order chi connectivity index (χ0) is 43.6. The molecule has 0 amide bonds. The lowest BCUT2D eigenvalue weighted by molar-refractivity contribution is -0.220. The molecule has 1 rings (SSSR count). The van der Waals surface area contributed by atoms with Crippen molar-refractivity contribution in [1.82, 2.24) is 0 Å². The number of unbranched alkanes of at least 4 members (excludes halogenated alkanes) is 16. The third-order valence-electron chi connectivity index (χ3n) is 9.94. The Bertz CT molecular complexity index is 1270. The Kier molecular flexibility index (Phi) is 32.5. The molecule has 340 valence electrons. The van der Waals surface area contributed by atoms with Crippen molar-refractivity contribution in [3.8, 4) is 0 Å². The molecule has 1 aliphatic carbocycles. The lowest BCUT2D eigenvalue weighted by atomic mass is 9.85. The first-order chi connectivity index (χ1) is 28.4. The highest BCUT2D eigenvalue weighted by molar-refractivity contribution is 7.47. The first kappa shape index (κ1) is 54.6. The van der Waals surface area contributed by atoms with E-state index in [-0.39, 0.29) is 12.8 Å². The molecule has 0 aromatic heterocycles. The van der Waals surface area contributed by atoms with Gasteiger partial charge in [0.2, 0.25) is 0 Å². The maximum absolute atomic E-state index is 12.8. The molecular formula is C45H77O13P. The lowest BCUT2D eigenvalue weighted by Crippen LogP contribution is -2.64. The van der Waals surface area contributed by atoms with Gasteiger partial charge in [-0.2, -0.15) is 0 Å². The van der Waals surface area contributed by atoms with E-state index in [9.17, 15) is 44.6 Å². The maximum Gasteiger partial charge on any atom is 0.472 e. The van der Waals surface area contributed by atoms with Crippen molar-refractivity contribution in [2.24, 2.45) is 0 Å². The van der Waals surface area contributed by atoms with Gasteiger partial charge in [0.25, 0.3) is 0 Å². The molecule has 0 aromatic carbocycles. The van der Waals surface area contributed by atoms with Gasteiger partial charge in [-0.15, -0.1) is 0 Å². The number of rotatable bonds is 35. The van der Waals surface area contributed by atoms with E-state index in [1.165, 1.54) is 38.5 Å². The van der Waals surface area contributed by atoms with Crippen LogP contribution in [0.5, 0.6) is 0 Å². The van der Waals surface area contributed by atoms with Crippen LogP contribution in [-0.4, -0.2) is 98.3 Å². The first-order valence-electron chi connectivity index (χ1n) is 22.1. The number of carbonyl (C=O) groups excluding carboxylic acids is 2. The standard InChI is InChI=1S/C45H77O13P/c1-3-5-7-9-11-13-15-17-19-21-23-25-27-29-31-33-38(46)55-35-37(36-56-59(53,54)58-45-43(51)41(49)40(48)42(50)44(45)52)57-39(47)34-32-30-28-26-24-22-20-18-16-14-12-10-8-6-4-2/h6,8,10,12,14,16-20,37,40-45,48-52H,3-5,7,9,11,13,15,21-36H2,1-2H3,(H,53,54)/b8-6+,12-10+,16-14+,19-17+,20-18+/t37-,40?,41-,42?,43?,44?,45?/m1/s1. The number of phosphoric ester groups is 1. The van der Waals surface area contributed by atoms with Crippen molar-refractivity contribution >= 4 is 19.8 Å². The number of allylic oxidation sites excluding steroid dienone is 10. The van der Waals surface area contributed by atoms with E-state index in [2.05, 4.69) is 38.2 Å². The average molecular weight is 857 g/mol. The zero-order valence-electron chi connectivity index (χ0n) is 35.8. The number of phosphoric acid groups is 1. The normalized spacial score (nSPS) is 22.9. The maximum atomic E-state index is 12.8. The van der Waals surface area contributed by atoms with Gasteiger partial charge in [-0.3, -0.25) is 18.6 Å². The van der Waals surface area contributed by atoms with E-state index in [1.54, 1.807) is 0 Å². The van der Waals surface area contributed by atoms with Gasteiger partial charge in [-0.25, -0.2) is 4.57 Å². The molecule has 6 unspecified atom stereocenters. The summed E-state index contributed by atoms with van der Waals surface area (Å²) in [4.78, 5) is 35.6. The van der Waals surface area contributed by atoms with Crippen LogP contribution in [0.4, 0.5) is 0 Å².